The first kappa shape index (κ1) is 10.9. The molecule has 0 aliphatic heterocycles. The number of hydrogen-bond donors (Lipinski definition) is 0. The van der Waals surface area contributed by atoms with Crippen LogP contribution in [0.15, 0.2) is 45.6 Å². The van der Waals surface area contributed by atoms with Gasteiger partial charge in [-0.2, -0.15) is 0 Å². The van der Waals surface area contributed by atoms with E-state index in [9.17, 15) is 4.79 Å². The first-order chi connectivity index (χ1) is 7.68. The molecule has 1 amide bonds. The van der Waals surface area contributed by atoms with Crippen molar-refractivity contribution in [1.29, 1.82) is 0 Å². The van der Waals surface area contributed by atoms with Gasteiger partial charge >= 0.3 is 0 Å². The summed E-state index contributed by atoms with van der Waals surface area (Å²) in [5.41, 5.74) is 0. The topological polar surface area (TPSA) is 46.3 Å². The maximum atomic E-state index is 11.9. The molecule has 2 rings (SSSR count). The largest absolute Gasteiger partial charge is 0.459 e. The number of furan rings is 1. The molecule has 0 N–H and O–H groups in total. The van der Waals surface area contributed by atoms with Gasteiger partial charge < -0.3 is 4.42 Å². The van der Waals surface area contributed by atoms with Crippen molar-refractivity contribution < 1.29 is 9.21 Å². The van der Waals surface area contributed by atoms with Gasteiger partial charge in [-0.25, -0.2) is 4.98 Å². The Morgan fingerprint density at radius 1 is 1.44 bits per heavy atom. The lowest BCUT2D eigenvalue weighted by Crippen LogP contribution is -2.26. The fourth-order valence-corrected chi connectivity index (χ4v) is 1.47. The third-order valence-electron chi connectivity index (χ3n) is 2.09. The van der Waals surface area contributed by atoms with E-state index in [2.05, 4.69) is 20.9 Å². The highest BCUT2D eigenvalue weighted by Crippen LogP contribution is 2.15. The first-order valence-electron chi connectivity index (χ1n) is 4.61. The molecule has 82 valence electrons. The third-order valence-corrected chi connectivity index (χ3v) is 2.56. The molecular weight excluding hydrogens is 272 g/mol. The second-order valence-corrected chi connectivity index (χ2v) is 4.09. The molecule has 0 saturated carbocycles. The van der Waals surface area contributed by atoms with Gasteiger partial charge in [-0.05, 0) is 40.2 Å². The number of rotatable bonds is 2. The number of carbonyl (C=O) groups excluding carboxylic acids is 1. The Hall–Kier alpha value is -1.62. The zero-order valence-corrected chi connectivity index (χ0v) is 10.1. The van der Waals surface area contributed by atoms with E-state index in [1.807, 2.05) is 6.07 Å². The quantitative estimate of drug-likeness (QED) is 0.850. The zero-order valence-electron chi connectivity index (χ0n) is 8.55. The third kappa shape index (κ3) is 2.14. The van der Waals surface area contributed by atoms with Crippen LogP contribution < -0.4 is 4.90 Å². The Balaban J connectivity index is 2.22. The zero-order chi connectivity index (χ0) is 11.5. The number of nitrogens with zero attached hydrogens (tertiary/aromatic N) is 2. The van der Waals surface area contributed by atoms with Crippen LogP contribution in [0.25, 0.3) is 0 Å². The second-order valence-electron chi connectivity index (χ2n) is 3.18. The van der Waals surface area contributed by atoms with Crippen molar-refractivity contribution in [2.24, 2.45) is 0 Å². The normalized spacial score (nSPS) is 10.1. The molecule has 0 aromatic carbocycles. The Labute approximate surface area is 101 Å². The summed E-state index contributed by atoms with van der Waals surface area (Å²) in [5, 5.41) is 0. The number of pyridine rings is 1. The van der Waals surface area contributed by atoms with Crippen LogP contribution in [-0.4, -0.2) is 17.9 Å². The van der Waals surface area contributed by atoms with Gasteiger partial charge in [0.05, 0.1) is 6.26 Å². The smallest absolute Gasteiger partial charge is 0.294 e. The highest BCUT2D eigenvalue weighted by Gasteiger charge is 2.16. The van der Waals surface area contributed by atoms with Crippen LogP contribution in [0.5, 0.6) is 0 Å². The van der Waals surface area contributed by atoms with Crippen LogP contribution in [0.2, 0.25) is 0 Å². The molecule has 2 aromatic rings. The highest BCUT2D eigenvalue weighted by atomic mass is 79.9. The van der Waals surface area contributed by atoms with E-state index in [-0.39, 0.29) is 5.91 Å². The molecule has 0 aliphatic carbocycles. The lowest BCUT2D eigenvalue weighted by atomic mass is 10.3. The van der Waals surface area contributed by atoms with Crippen molar-refractivity contribution in [3.05, 3.63) is 47.0 Å². The fourth-order valence-electron chi connectivity index (χ4n) is 1.24. The lowest BCUT2D eigenvalue weighted by Gasteiger charge is -2.14. The van der Waals surface area contributed by atoms with Gasteiger partial charge in [-0.15, -0.1) is 0 Å². The monoisotopic (exact) mass is 280 g/mol. The number of carbonyl (C=O) groups is 1. The summed E-state index contributed by atoms with van der Waals surface area (Å²) in [7, 11) is 1.65. The lowest BCUT2D eigenvalue weighted by molar-refractivity contribution is 0.0966. The summed E-state index contributed by atoms with van der Waals surface area (Å²) >= 11 is 3.29. The highest BCUT2D eigenvalue weighted by molar-refractivity contribution is 9.10. The minimum atomic E-state index is -0.222. The molecule has 0 fully saturated rings. The molecule has 16 heavy (non-hydrogen) atoms. The van der Waals surface area contributed by atoms with Crippen LogP contribution in [0.3, 0.4) is 0 Å². The van der Waals surface area contributed by atoms with Crippen molar-refractivity contribution in [3.63, 3.8) is 0 Å². The van der Waals surface area contributed by atoms with Crippen molar-refractivity contribution >= 4 is 27.7 Å². The van der Waals surface area contributed by atoms with E-state index in [4.69, 9.17) is 4.42 Å². The summed E-state index contributed by atoms with van der Waals surface area (Å²) < 4.78 is 5.90. The standard InChI is InChI=1S/C11H9BrN2O2/c1-14(10-5-4-8(12)7-13-10)11(15)9-3-2-6-16-9/h2-7H,1H3. The van der Waals surface area contributed by atoms with Gasteiger partial charge in [0.1, 0.15) is 5.82 Å². The average molecular weight is 281 g/mol. The minimum Gasteiger partial charge on any atom is -0.459 e. The number of aromatic nitrogens is 1. The molecular formula is C11H9BrN2O2. The summed E-state index contributed by atoms with van der Waals surface area (Å²) in [6.07, 6.45) is 3.11. The summed E-state index contributed by atoms with van der Waals surface area (Å²) in [6.45, 7) is 0. The molecule has 0 unspecified atom stereocenters. The van der Waals surface area contributed by atoms with Gasteiger partial charge in [-0.3, -0.25) is 9.69 Å². The second kappa shape index (κ2) is 4.49. The van der Waals surface area contributed by atoms with Gasteiger partial charge in [0.15, 0.2) is 5.76 Å². The molecule has 4 nitrogen and oxygen atoms in total. The SMILES string of the molecule is CN(C(=O)c1ccco1)c1ccc(Br)cn1. The minimum absolute atomic E-state index is 0.222. The molecule has 0 spiro atoms. The van der Waals surface area contributed by atoms with Crippen molar-refractivity contribution in [2.45, 2.75) is 0 Å². The molecule has 2 heterocycles. The predicted octanol–water partition coefficient (Wildman–Crippen LogP) is 2.71. The van der Waals surface area contributed by atoms with Crippen LogP contribution in [0.1, 0.15) is 10.6 Å². The van der Waals surface area contributed by atoms with Crippen LogP contribution in [0, 0.1) is 0 Å². The number of anilines is 1. The number of amides is 1. The van der Waals surface area contributed by atoms with Crippen molar-refractivity contribution in [1.82, 2.24) is 4.98 Å². The van der Waals surface area contributed by atoms with E-state index in [0.717, 1.165) is 4.47 Å². The van der Waals surface area contributed by atoms with Gasteiger partial charge in [0.2, 0.25) is 0 Å². The Kier molecular flexibility index (Phi) is 3.05. The number of hydrogen-bond acceptors (Lipinski definition) is 3. The van der Waals surface area contributed by atoms with E-state index in [1.54, 1.807) is 31.4 Å². The average Bonchev–Trinajstić information content (AvgIpc) is 2.81. The Bertz CT molecular complexity index is 479. The summed E-state index contributed by atoms with van der Waals surface area (Å²) in [4.78, 5) is 17.4. The molecule has 0 radical (unpaired) electrons. The van der Waals surface area contributed by atoms with Crippen molar-refractivity contribution in [3.8, 4) is 0 Å². The molecule has 0 aliphatic rings. The molecule has 5 heteroatoms. The van der Waals surface area contributed by atoms with E-state index < -0.39 is 0 Å². The summed E-state index contributed by atoms with van der Waals surface area (Å²) in [6, 6.07) is 6.88. The molecule has 0 bridgehead atoms. The molecule has 0 saturated heterocycles. The Morgan fingerprint density at radius 2 is 2.25 bits per heavy atom. The van der Waals surface area contributed by atoms with Gasteiger partial charge in [-0.1, -0.05) is 0 Å². The van der Waals surface area contributed by atoms with Crippen LogP contribution in [-0.2, 0) is 0 Å². The maximum absolute atomic E-state index is 11.9. The van der Waals surface area contributed by atoms with Gasteiger partial charge in [0, 0.05) is 17.7 Å². The molecule has 0 atom stereocenters. The fraction of sp³-hybridized carbons (Fsp3) is 0.0909. The van der Waals surface area contributed by atoms with E-state index >= 15 is 0 Å². The first-order valence-corrected chi connectivity index (χ1v) is 5.41. The van der Waals surface area contributed by atoms with Gasteiger partial charge in [0.25, 0.3) is 5.91 Å². The Morgan fingerprint density at radius 3 is 2.81 bits per heavy atom. The van der Waals surface area contributed by atoms with Crippen LogP contribution >= 0.6 is 15.9 Å². The maximum Gasteiger partial charge on any atom is 0.294 e. The predicted molar refractivity (Wildman–Crippen MR) is 63.4 cm³/mol. The summed E-state index contributed by atoms with van der Waals surface area (Å²) in [5.74, 6) is 0.650. The molecule has 2 aromatic heterocycles. The van der Waals surface area contributed by atoms with E-state index in [0.29, 0.717) is 11.6 Å². The number of halogens is 1. The van der Waals surface area contributed by atoms with Crippen molar-refractivity contribution in [2.75, 3.05) is 11.9 Å². The van der Waals surface area contributed by atoms with E-state index in [1.165, 1.54) is 11.2 Å². The van der Waals surface area contributed by atoms with Crippen LogP contribution in [0.4, 0.5) is 5.82 Å².